The monoisotopic (exact) mass is 369 g/mol. The van der Waals surface area contributed by atoms with Gasteiger partial charge in [-0.05, 0) is 25.0 Å². The van der Waals surface area contributed by atoms with Crippen LogP contribution < -0.4 is 9.80 Å². The van der Waals surface area contributed by atoms with Crippen molar-refractivity contribution in [1.29, 1.82) is 0 Å². The summed E-state index contributed by atoms with van der Waals surface area (Å²) in [5.74, 6) is 0. The number of rotatable bonds is 4. The normalized spacial score (nSPS) is 20.6. The van der Waals surface area contributed by atoms with E-state index >= 15 is 0 Å². The van der Waals surface area contributed by atoms with Gasteiger partial charge in [-0.3, -0.25) is 10.1 Å². The van der Waals surface area contributed by atoms with Gasteiger partial charge in [-0.2, -0.15) is 4.31 Å². The first-order valence-corrected chi connectivity index (χ1v) is 10.2. The Kier molecular flexibility index (Phi) is 5.26. The maximum atomic E-state index is 12.8. The zero-order valence-electron chi connectivity index (χ0n) is 14.5. The average molecular weight is 369 g/mol. The molecule has 3 rings (SSSR count). The number of piperazine rings is 1. The van der Waals surface area contributed by atoms with Crippen LogP contribution in [-0.2, 0) is 10.0 Å². The molecule has 0 bridgehead atoms. The molecule has 0 spiro atoms. The van der Waals surface area contributed by atoms with E-state index < -0.39 is 14.9 Å². The van der Waals surface area contributed by atoms with Crippen molar-refractivity contribution < 1.29 is 18.2 Å². The molecule has 1 aromatic rings. The van der Waals surface area contributed by atoms with Crippen molar-refractivity contribution in [1.82, 2.24) is 4.31 Å². The number of anilines is 1. The van der Waals surface area contributed by atoms with E-state index in [0.717, 1.165) is 45.4 Å². The van der Waals surface area contributed by atoms with Gasteiger partial charge in [0.1, 0.15) is 5.69 Å². The van der Waals surface area contributed by atoms with Crippen molar-refractivity contribution >= 4 is 21.4 Å². The van der Waals surface area contributed by atoms with Gasteiger partial charge in [0.15, 0.2) is 0 Å². The number of piperidine rings is 1. The minimum absolute atomic E-state index is 0.0182. The van der Waals surface area contributed by atoms with Gasteiger partial charge in [0.2, 0.25) is 10.0 Å². The third kappa shape index (κ3) is 3.78. The van der Waals surface area contributed by atoms with Gasteiger partial charge in [0.05, 0.1) is 43.0 Å². The number of benzene rings is 1. The van der Waals surface area contributed by atoms with E-state index in [2.05, 4.69) is 7.05 Å². The van der Waals surface area contributed by atoms with Crippen LogP contribution in [0.2, 0.25) is 0 Å². The summed E-state index contributed by atoms with van der Waals surface area (Å²) < 4.78 is 27.0. The molecule has 0 amide bonds. The average Bonchev–Trinajstić information content (AvgIpc) is 2.62. The highest BCUT2D eigenvalue weighted by Crippen LogP contribution is 2.32. The molecular formula is C16H25N4O4S+. The van der Waals surface area contributed by atoms with Crippen LogP contribution in [0.4, 0.5) is 11.4 Å². The van der Waals surface area contributed by atoms with Crippen molar-refractivity contribution in [2.75, 3.05) is 51.2 Å². The second-order valence-electron chi connectivity index (χ2n) is 6.82. The fourth-order valence-corrected chi connectivity index (χ4v) is 5.00. The Morgan fingerprint density at radius 1 is 1.08 bits per heavy atom. The number of hydrogen-bond acceptors (Lipinski definition) is 5. The van der Waals surface area contributed by atoms with E-state index in [1.807, 2.05) is 4.90 Å². The minimum atomic E-state index is -3.67. The molecular weight excluding hydrogens is 344 g/mol. The SMILES string of the molecule is C[NH+]1CCN(c2ccc(S(=O)(=O)N3CCCCC3)cc2[N+](=O)[O-])CC1. The molecule has 2 saturated heterocycles. The number of sulfonamides is 1. The van der Waals surface area contributed by atoms with E-state index in [4.69, 9.17) is 0 Å². The molecule has 2 heterocycles. The van der Waals surface area contributed by atoms with Crippen LogP contribution in [-0.4, -0.2) is 64.0 Å². The maximum Gasteiger partial charge on any atom is 0.293 e. The zero-order chi connectivity index (χ0) is 18.0. The Hall–Kier alpha value is -1.71. The van der Waals surface area contributed by atoms with Crippen molar-refractivity contribution in [3.05, 3.63) is 28.3 Å². The Bertz CT molecular complexity index is 739. The lowest BCUT2D eigenvalue weighted by atomic mass is 10.2. The predicted molar refractivity (Wildman–Crippen MR) is 94.5 cm³/mol. The number of nitro benzene ring substituents is 1. The molecule has 2 aliphatic rings. The van der Waals surface area contributed by atoms with Crippen LogP contribution in [0.5, 0.6) is 0 Å². The molecule has 0 saturated carbocycles. The van der Waals surface area contributed by atoms with Gasteiger partial charge in [-0.1, -0.05) is 6.42 Å². The van der Waals surface area contributed by atoms with Crippen LogP contribution in [0.1, 0.15) is 19.3 Å². The van der Waals surface area contributed by atoms with Crippen LogP contribution in [0, 0.1) is 10.1 Å². The zero-order valence-corrected chi connectivity index (χ0v) is 15.3. The molecule has 0 unspecified atom stereocenters. The molecule has 0 atom stereocenters. The van der Waals surface area contributed by atoms with Gasteiger partial charge >= 0.3 is 0 Å². The summed E-state index contributed by atoms with van der Waals surface area (Å²) in [5, 5.41) is 11.5. The third-order valence-electron chi connectivity index (χ3n) is 5.05. The second kappa shape index (κ2) is 7.27. The molecule has 1 aromatic carbocycles. The third-order valence-corrected chi connectivity index (χ3v) is 6.95. The van der Waals surface area contributed by atoms with Gasteiger partial charge in [0, 0.05) is 19.2 Å². The fraction of sp³-hybridized carbons (Fsp3) is 0.625. The number of likely N-dealkylation sites (N-methyl/N-ethyl adjacent to an activating group) is 1. The molecule has 2 fully saturated rings. The van der Waals surface area contributed by atoms with E-state index in [1.165, 1.54) is 21.3 Å². The van der Waals surface area contributed by atoms with E-state index in [9.17, 15) is 18.5 Å². The first-order valence-electron chi connectivity index (χ1n) is 8.74. The first-order chi connectivity index (χ1) is 11.9. The van der Waals surface area contributed by atoms with Crippen LogP contribution >= 0.6 is 0 Å². The summed E-state index contributed by atoms with van der Waals surface area (Å²) >= 11 is 0. The summed E-state index contributed by atoms with van der Waals surface area (Å²) in [6.07, 6.45) is 2.70. The Morgan fingerprint density at radius 3 is 2.32 bits per heavy atom. The topological polar surface area (TPSA) is 88.2 Å². The van der Waals surface area contributed by atoms with E-state index in [0.29, 0.717) is 18.8 Å². The molecule has 0 aromatic heterocycles. The summed E-state index contributed by atoms with van der Waals surface area (Å²) in [7, 11) is -1.57. The van der Waals surface area contributed by atoms with Crippen molar-refractivity contribution in [3.63, 3.8) is 0 Å². The Balaban J connectivity index is 1.92. The van der Waals surface area contributed by atoms with Crippen molar-refractivity contribution in [3.8, 4) is 0 Å². The Labute approximate surface area is 148 Å². The smallest absolute Gasteiger partial charge is 0.293 e. The lowest BCUT2D eigenvalue weighted by Gasteiger charge is -2.31. The highest BCUT2D eigenvalue weighted by molar-refractivity contribution is 7.89. The molecule has 2 aliphatic heterocycles. The molecule has 0 radical (unpaired) electrons. The standard InChI is InChI=1S/C16H24N4O4S/c1-17-9-11-18(12-10-17)15-6-5-14(13-16(15)20(21)22)25(23,24)19-7-3-2-4-8-19/h5-6,13H,2-4,7-12H2,1H3/p+1. The maximum absolute atomic E-state index is 12.8. The number of nitrogens with zero attached hydrogens (tertiary/aromatic N) is 3. The second-order valence-corrected chi connectivity index (χ2v) is 8.75. The number of nitrogens with one attached hydrogen (secondary N) is 1. The highest BCUT2D eigenvalue weighted by atomic mass is 32.2. The van der Waals surface area contributed by atoms with Gasteiger partial charge in [-0.15, -0.1) is 0 Å². The van der Waals surface area contributed by atoms with Gasteiger partial charge in [0.25, 0.3) is 5.69 Å². The number of hydrogen-bond donors (Lipinski definition) is 1. The fourth-order valence-electron chi connectivity index (χ4n) is 3.46. The van der Waals surface area contributed by atoms with Crippen molar-refractivity contribution in [2.45, 2.75) is 24.2 Å². The van der Waals surface area contributed by atoms with Crippen LogP contribution in [0.15, 0.2) is 23.1 Å². The number of quaternary nitrogens is 1. The van der Waals surface area contributed by atoms with E-state index in [1.54, 1.807) is 6.07 Å². The molecule has 1 N–H and O–H groups in total. The molecule has 9 heteroatoms. The predicted octanol–water partition coefficient (Wildman–Crippen LogP) is 0.104. The van der Waals surface area contributed by atoms with Crippen molar-refractivity contribution in [2.24, 2.45) is 0 Å². The van der Waals surface area contributed by atoms with Gasteiger partial charge < -0.3 is 9.80 Å². The largest absolute Gasteiger partial charge is 0.355 e. The van der Waals surface area contributed by atoms with E-state index in [-0.39, 0.29) is 10.6 Å². The molecule has 8 nitrogen and oxygen atoms in total. The van der Waals surface area contributed by atoms with Gasteiger partial charge in [-0.25, -0.2) is 8.42 Å². The number of nitro groups is 1. The van der Waals surface area contributed by atoms with Crippen LogP contribution in [0.25, 0.3) is 0 Å². The highest BCUT2D eigenvalue weighted by Gasteiger charge is 2.30. The van der Waals surface area contributed by atoms with Crippen LogP contribution in [0.3, 0.4) is 0 Å². The molecule has 0 aliphatic carbocycles. The Morgan fingerprint density at radius 2 is 1.72 bits per heavy atom. The first kappa shape index (κ1) is 18.1. The summed E-state index contributed by atoms with van der Waals surface area (Å²) in [6, 6.07) is 4.33. The summed E-state index contributed by atoms with van der Waals surface area (Å²) in [5.41, 5.74) is 0.382. The summed E-state index contributed by atoms with van der Waals surface area (Å²) in [4.78, 5) is 14.5. The minimum Gasteiger partial charge on any atom is -0.355 e. The molecule has 25 heavy (non-hydrogen) atoms. The molecule has 138 valence electrons. The summed E-state index contributed by atoms with van der Waals surface area (Å²) in [6.45, 7) is 4.24. The lowest BCUT2D eigenvalue weighted by molar-refractivity contribution is -0.880. The quantitative estimate of drug-likeness (QED) is 0.601. The lowest BCUT2D eigenvalue weighted by Crippen LogP contribution is -3.12.